The molecule has 0 radical (unpaired) electrons. The molecule has 6 heteroatoms. The Morgan fingerprint density at radius 1 is 0.800 bits per heavy atom. The summed E-state index contributed by atoms with van der Waals surface area (Å²) >= 11 is 0. The molecule has 0 aliphatic carbocycles. The Morgan fingerprint density at radius 3 is 1.93 bits per heavy atom. The van der Waals surface area contributed by atoms with E-state index in [2.05, 4.69) is 5.10 Å². The van der Waals surface area contributed by atoms with E-state index < -0.39 is 15.4 Å². The zero-order valence-electron chi connectivity index (χ0n) is 16.4. The second-order valence-electron chi connectivity index (χ2n) is 6.92. The molecule has 1 heterocycles. The number of nitrogens with zero attached hydrogens (tertiary/aromatic N) is 2. The summed E-state index contributed by atoms with van der Waals surface area (Å²) in [5.41, 5.74) is 1.69. The molecular weight excluding hydrogens is 396 g/mol. The van der Waals surface area contributed by atoms with Crippen LogP contribution in [0.5, 0.6) is 0 Å². The topological polar surface area (TPSA) is 69.0 Å². The van der Waals surface area contributed by atoms with Gasteiger partial charge in [0.15, 0.2) is 0 Å². The smallest absolute Gasteiger partial charge is 0.266 e. The van der Waals surface area contributed by atoms with Gasteiger partial charge in [0, 0.05) is 5.56 Å². The molecule has 0 amide bonds. The number of aryl methyl sites for hydroxylation is 1. The van der Waals surface area contributed by atoms with Crippen LogP contribution < -0.4 is 5.56 Å². The number of rotatable bonds is 5. The van der Waals surface area contributed by atoms with Crippen LogP contribution in [0, 0.1) is 6.92 Å². The van der Waals surface area contributed by atoms with Gasteiger partial charge in [-0.15, -0.1) is 0 Å². The van der Waals surface area contributed by atoms with Crippen LogP contribution in [0.25, 0.3) is 11.1 Å². The van der Waals surface area contributed by atoms with Crippen LogP contribution in [0.4, 0.5) is 0 Å². The van der Waals surface area contributed by atoms with E-state index >= 15 is 0 Å². The summed E-state index contributed by atoms with van der Waals surface area (Å²) in [6, 6.07) is 26.4. The molecule has 0 spiro atoms. The van der Waals surface area contributed by atoms with E-state index in [0.717, 1.165) is 5.56 Å². The van der Waals surface area contributed by atoms with Gasteiger partial charge in [0.05, 0.1) is 17.1 Å². The van der Waals surface area contributed by atoms with Gasteiger partial charge in [-0.2, -0.15) is 5.10 Å². The van der Waals surface area contributed by atoms with Gasteiger partial charge in [-0.05, 0) is 30.2 Å². The van der Waals surface area contributed by atoms with Crippen molar-refractivity contribution in [2.45, 2.75) is 23.3 Å². The molecule has 150 valence electrons. The molecule has 0 fully saturated rings. The summed E-state index contributed by atoms with van der Waals surface area (Å²) < 4.78 is 28.4. The molecule has 5 nitrogen and oxygen atoms in total. The van der Waals surface area contributed by atoms with Crippen molar-refractivity contribution in [3.05, 3.63) is 113 Å². The van der Waals surface area contributed by atoms with E-state index in [1.807, 2.05) is 48.5 Å². The van der Waals surface area contributed by atoms with Crippen molar-refractivity contribution in [3.63, 3.8) is 0 Å². The van der Waals surface area contributed by atoms with Crippen molar-refractivity contribution >= 4 is 9.84 Å². The molecule has 0 bridgehead atoms. The standard InChI is InChI=1S/C24H20N2O3S/c1-18-22(20-13-7-3-8-14-20)23(30(28,29)21-15-9-4-10-16-21)24(27)26(25-18)17-19-11-5-2-6-12-19/h2-16H,17H2,1H3. The van der Waals surface area contributed by atoms with Crippen molar-refractivity contribution in [1.82, 2.24) is 9.78 Å². The highest BCUT2D eigenvalue weighted by Gasteiger charge is 2.29. The average molecular weight is 417 g/mol. The molecule has 1 aromatic heterocycles. The maximum Gasteiger partial charge on any atom is 0.286 e. The molecule has 0 aliphatic heterocycles. The quantitative estimate of drug-likeness (QED) is 0.491. The summed E-state index contributed by atoms with van der Waals surface area (Å²) in [7, 11) is -4.06. The summed E-state index contributed by atoms with van der Waals surface area (Å²) in [4.78, 5) is 13.3. The lowest BCUT2D eigenvalue weighted by atomic mass is 10.1. The number of aromatic nitrogens is 2. The summed E-state index contributed by atoms with van der Waals surface area (Å²) in [5, 5.41) is 4.45. The highest BCUT2D eigenvalue weighted by atomic mass is 32.2. The lowest BCUT2D eigenvalue weighted by Crippen LogP contribution is -2.30. The SMILES string of the molecule is Cc1nn(Cc2ccccc2)c(=O)c(S(=O)(=O)c2ccccc2)c1-c1ccccc1. The molecule has 0 saturated heterocycles. The molecule has 0 N–H and O–H groups in total. The van der Waals surface area contributed by atoms with Gasteiger partial charge in [0.2, 0.25) is 9.84 Å². The molecule has 0 saturated carbocycles. The monoisotopic (exact) mass is 416 g/mol. The van der Waals surface area contributed by atoms with Crippen molar-refractivity contribution in [2.24, 2.45) is 0 Å². The highest BCUT2D eigenvalue weighted by Crippen LogP contribution is 2.30. The summed E-state index contributed by atoms with van der Waals surface area (Å²) in [6.07, 6.45) is 0. The van der Waals surface area contributed by atoms with Gasteiger partial charge in [-0.3, -0.25) is 4.79 Å². The Bertz CT molecular complexity index is 1330. The third-order valence-electron chi connectivity index (χ3n) is 4.85. The minimum absolute atomic E-state index is 0.0798. The lowest BCUT2D eigenvalue weighted by Gasteiger charge is -2.16. The van der Waals surface area contributed by atoms with Crippen LogP contribution in [-0.4, -0.2) is 18.2 Å². The van der Waals surface area contributed by atoms with Gasteiger partial charge in [0.25, 0.3) is 5.56 Å². The Kier molecular flexibility index (Phi) is 5.33. The van der Waals surface area contributed by atoms with Crippen LogP contribution in [0.2, 0.25) is 0 Å². The van der Waals surface area contributed by atoms with Crippen molar-refractivity contribution < 1.29 is 8.42 Å². The summed E-state index contributed by atoms with van der Waals surface area (Å²) in [6.45, 7) is 1.92. The predicted octanol–water partition coefficient (Wildman–Crippen LogP) is 4.10. The van der Waals surface area contributed by atoms with Gasteiger partial charge in [-0.1, -0.05) is 78.9 Å². The minimum Gasteiger partial charge on any atom is -0.266 e. The molecular formula is C24H20N2O3S. The van der Waals surface area contributed by atoms with Crippen LogP contribution >= 0.6 is 0 Å². The maximum atomic E-state index is 13.6. The molecule has 0 unspecified atom stereocenters. The fourth-order valence-corrected chi connectivity index (χ4v) is 5.06. The van der Waals surface area contributed by atoms with E-state index in [1.165, 1.54) is 16.8 Å². The molecule has 3 aromatic carbocycles. The molecule has 0 aliphatic rings. The maximum absolute atomic E-state index is 13.6. The fraction of sp³-hybridized carbons (Fsp3) is 0.0833. The number of hydrogen-bond acceptors (Lipinski definition) is 4. The van der Waals surface area contributed by atoms with Crippen molar-refractivity contribution in [1.29, 1.82) is 0 Å². The van der Waals surface area contributed by atoms with Gasteiger partial charge in [0.1, 0.15) is 4.90 Å². The first-order valence-electron chi connectivity index (χ1n) is 9.49. The first-order valence-corrected chi connectivity index (χ1v) is 11.0. The Labute approximate surface area is 175 Å². The van der Waals surface area contributed by atoms with Crippen LogP contribution in [0.3, 0.4) is 0 Å². The van der Waals surface area contributed by atoms with E-state index in [0.29, 0.717) is 16.8 Å². The minimum atomic E-state index is -4.06. The first-order chi connectivity index (χ1) is 14.5. The number of benzene rings is 3. The summed E-state index contributed by atoms with van der Waals surface area (Å²) in [5.74, 6) is 0. The van der Waals surface area contributed by atoms with E-state index in [9.17, 15) is 13.2 Å². The van der Waals surface area contributed by atoms with Crippen molar-refractivity contribution in [2.75, 3.05) is 0 Å². The molecule has 30 heavy (non-hydrogen) atoms. The van der Waals surface area contributed by atoms with E-state index in [-0.39, 0.29) is 16.3 Å². The zero-order valence-corrected chi connectivity index (χ0v) is 17.2. The second kappa shape index (κ2) is 8.08. The number of sulfone groups is 1. The van der Waals surface area contributed by atoms with Crippen molar-refractivity contribution in [3.8, 4) is 11.1 Å². The van der Waals surface area contributed by atoms with Gasteiger partial charge >= 0.3 is 0 Å². The number of hydrogen-bond donors (Lipinski definition) is 0. The second-order valence-corrected chi connectivity index (χ2v) is 8.81. The Hall–Kier alpha value is -3.51. The van der Waals surface area contributed by atoms with Crippen LogP contribution in [0.1, 0.15) is 11.3 Å². The third kappa shape index (κ3) is 3.69. The molecule has 0 atom stereocenters. The third-order valence-corrected chi connectivity index (χ3v) is 6.66. The fourth-order valence-electron chi connectivity index (χ4n) is 3.44. The normalized spacial score (nSPS) is 11.4. The highest BCUT2D eigenvalue weighted by molar-refractivity contribution is 7.91. The average Bonchev–Trinajstić information content (AvgIpc) is 2.77. The first kappa shape index (κ1) is 19.8. The van der Waals surface area contributed by atoms with E-state index in [4.69, 9.17) is 0 Å². The van der Waals surface area contributed by atoms with Gasteiger partial charge in [-0.25, -0.2) is 13.1 Å². The Balaban J connectivity index is 2.01. The lowest BCUT2D eigenvalue weighted by molar-refractivity contribution is 0.579. The van der Waals surface area contributed by atoms with E-state index in [1.54, 1.807) is 37.3 Å². The largest absolute Gasteiger partial charge is 0.286 e. The van der Waals surface area contributed by atoms with Gasteiger partial charge < -0.3 is 0 Å². The molecule has 4 aromatic rings. The zero-order chi connectivity index (χ0) is 21.1. The van der Waals surface area contributed by atoms with Crippen LogP contribution in [-0.2, 0) is 16.4 Å². The predicted molar refractivity (Wildman–Crippen MR) is 116 cm³/mol. The Morgan fingerprint density at radius 2 is 1.33 bits per heavy atom. The molecule has 4 rings (SSSR count). The van der Waals surface area contributed by atoms with Crippen LogP contribution in [0.15, 0.2) is 106 Å².